The van der Waals surface area contributed by atoms with Crippen molar-refractivity contribution in [2.75, 3.05) is 33.3 Å². The smallest absolute Gasteiger partial charge is 0.249 e. The van der Waals surface area contributed by atoms with E-state index >= 15 is 0 Å². The summed E-state index contributed by atoms with van der Waals surface area (Å²) >= 11 is 0. The molecule has 1 heterocycles. The van der Waals surface area contributed by atoms with Crippen LogP contribution in [-0.2, 0) is 19.2 Å². The van der Waals surface area contributed by atoms with Crippen molar-refractivity contribution < 1.29 is 24.3 Å². The van der Waals surface area contributed by atoms with E-state index in [0.717, 1.165) is 32.1 Å². The summed E-state index contributed by atoms with van der Waals surface area (Å²) in [7, 11) is 1.65. The molecule has 0 aromatic heterocycles. The molecular formula is C23H40N4O5. The predicted octanol–water partition coefficient (Wildman–Crippen LogP) is 0.822. The van der Waals surface area contributed by atoms with Gasteiger partial charge in [-0.1, -0.05) is 32.8 Å². The van der Waals surface area contributed by atoms with Crippen molar-refractivity contribution in [1.29, 1.82) is 0 Å². The number of hydrogen-bond donors (Lipinski definition) is 3. The number of aliphatic hydroxyl groups excluding tert-OH is 1. The van der Waals surface area contributed by atoms with Gasteiger partial charge in [-0.2, -0.15) is 0 Å². The van der Waals surface area contributed by atoms with Crippen molar-refractivity contribution in [1.82, 2.24) is 20.4 Å². The topological polar surface area (TPSA) is 119 Å². The molecule has 4 amide bonds. The van der Waals surface area contributed by atoms with Crippen LogP contribution < -0.4 is 10.6 Å². The van der Waals surface area contributed by atoms with Crippen LogP contribution >= 0.6 is 0 Å². The van der Waals surface area contributed by atoms with Crippen LogP contribution in [-0.4, -0.2) is 84.4 Å². The van der Waals surface area contributed by atoms with E-state index in [1.54, 1.807) is 24.9 Å². The molecule has 3 N–H and O–H groups in total. The van der Waals surface area contributed by atoms with Crippen LogP contribution in [0.25, 0.3) is 0 Å². The number of likely N-dealkylation sites (tertiary alicyclic amines) is 1. The zero-order valence-electron chi connectivity index (χ0n) is 19.9. The second-order valence-electron chi connectivity index (χ2n) is 8.67. The van der Waals surface area contributed by atoms with Gasteiger partial charge in [-0.05, 0) is 38.5 Å². The Bertz CT molecular complexity index is 665. The number of nitrogens with one attached hydrogen (secondary N) is 2. The number of likely N-dealkylation sites (N-methyl/N-ethyl adjacent to an activating group) is 1. The number of carbonyl (C=O) groups is 4. The van der Waals surface area contributed by atoms with Gasteiger partial charge in [0, 0.05) is 32.3 Å². The Hall–Kier alpha value is -2.42. The maximum Gasteiger partial charge on any atom is 0.249 e. The third-order valence-corrected chi connectivity index (χ3v) is 5.82. The monoisotopic (exact) mass is 452 g/mol. The predicted molar refractivity (Wildman–Crippen MR) is 123 cm³/mol. The number of unbranched alkanes of at least 4 members (excludes halogenated alkanes) is 3. The number of amides is 4. The average molecular weight is 453 g/mol. The van der Waals surface area contributed by atoms with Crippen LogP contribution in [0.2, 0.25) is 0 Å². The van der Waals surface area contributed by atoms with Crippen LogP contribution in [0.15, 0.2) is 11.6 Å². The van der Waals surface area contributed by atoms with E-state index in [4.69, 9.17) is 5.11 Å². The molecule has 1 fully saturated rings. The molecule has 9 heteroatoms. The number of nitrogens with zero attached hydrogens (tertiary/aromatic N) is 2. The van der Waals surface area contributed by atoms with Crippen LogP contribution in [0.5, 0.6) is 0 Å². The van der Waals surface area contributed by atoms with Gasteiger partial charge in [0.05, 0.1) is 12.6 Å². The lowest BCUT2D eigenvalue weighted by atomic mass is 9.99. The van der Waals surface area contributed by atoms with E-state index in [9.17, 15) is 19.2 Å². The first kappa shape index (κ1) is 27.6. The molecular weight excluding hydrogens is 412 g/mol. The molecule has 1 aliphatic heterocycles. The molecule has 0 radical (unpaired) electrons. The molecule has 32 heavy (non-hydrogen) atoms. The van der Waals surface area contributed by atoms with E-state index < -0.39 is 6.04 Å². The van der Waals surface area contributed by atoms with Gasteiger partial charge in [0.2, 0.25) is 24.1 Å². The molecule has 9 nitrogen and oxygen atoms in total. The summed E-state index contributed by atoms with van der Waals surface area (Å²) in [6.07, 6.45) is 7.17. The molecule has 182 valence electrons. The van der Waals surface area contributed by atoms with Gasteiger partial charge in [0.1, 0.15) is 6.04 Å². The van der Waals surface area contributed by atoms with Crippen LogP contribution in [0.3, 0.4) is 0 Å². The maximum absolute atomic E-state index is 13.1. The summed E-state index contributed by atoms with van der Waals surface area (Å²) in [5, 5.41) is 14.1. The van der Waals surface area contributed by atoms with Crippen molar-refractivity contribution in [3.63, 3.8) is 0 Å². The van der Waals surface area contributed by atoms with Crippen molar-refractivity contribution in [2.45, 2.75) is 71.4 Å². The quantitative estimate of drug-likeness (QED) is 0.205. The summed E-state index contributed by atoms with van der Waals surface area (Å²) in [5.74, 6) is -0.502. The van der Waals surface area contributed by atoms with E-state index in [0.29, 0.717) is 31.5 Å². The minimum atomic E-state index is -0.475. The van der Waals surface area contributed by atoms with Crippen LogP contribution in [0.1, 0.15) is 59.3 Å². The molecule has 1 rings (SSSR count). The lowest BCUT2D eigenvalue weighted by molar-refractivity contribution is -0.135. The van der Waals surface area contributed by atoms with Gasteiger partial charge < -0.3 is 25.5 Å². The minimum Gasteiger partial charge on any atom is -0.396 e. The van der Waals surface area contributed by atoms with Gasteiger partial charge in [0.15, 0.2) is 0 Å². The molecule has 2 atom stereocenters. The molecule has 0 aliphatic carbocycles. The number of rotatable bonds is 14. The molecule has 1 unspecified atom stereocenters. The molecule has 0 aromatic carbocycles. The van der Waals surface area contributed by atoms with Gasteiger partial charge in [-0.3, -0.25) is 19.2 Å². The molecule has 0 aromatic rings. The van der Waals surface area contributed by atoms with Crippen LogP contribution in [0, 0.1) is 5.92 Å². The third kappa shape index (κ3) is 8.61. The number of carbonyl (C=O) groups excluding carboxylic acids is 4. The van der Waals surface area contributed by atoms with Gasteiger partial charge in [0.25, 0.3) is 0 Å². The van der Waals surface area contributed by atoms with Gasteiger partial charge >= 0.3 is 0 Å². The summed E-state index contributed by atoms with van der Waals surface area (Å²) in [6.45, 7) is 6.82. The highest BCUT2D eigenvalue weighted by Crippen LogP contribution is 2.21. The average Bonchev–Trinajstić information content (AvgIpc) is 3.26. The Balaban J connectivity index is 2.75. The third-order valence-electron chi connectivity index (χ3n) is 5.82. The number of hydrogen-bond acceptors (Lipinski definition) is 5. The summed E-state index contributed by atoms with van der Waals surface area (Å²) in [4.78, 5) is 51.7. The SMILES string of the molecule is C/C(=C\C(C(C)C)N(C)C(=O)CNC=O)C(=O)N1CCC[C@H]1C(=O)NCCCCCCO. The van der Waals surface area contributed by atoms with E-state index in [1.807, 2.05) is 13.8 Å². The maximum atomic E-state index is 13.1. The number of aliphatic hydroxyl groups is 1. The lowest BCUT2D eigenvalue weighted by Crippen LogP contribution is -2.47. The zero-order valence-corrected chi connectivity index (χ0v) is 19.9. The standard InChI is InChI=1S/C23H40N4O5/c1-17(2)20(26(4)21(30)15-24-16-29)14-18(3)23(32)27-12-9-10-19(27)22(31)25-11-7-5-6-8-13-28/h14,16-17,19-20,28H,5-13,15H2,1-4H3,(H,24,29)(H,25,31)/b18-14+/t19-,20?/m0/s1. The van der Waals surface area contributed by atoms with Crippen molar-refractivity contribution in [3.05, 3.63) is 11.6 Å². The highest BCUT2D eigenvalue weighted by molar-refractivity contribution is 5.97. The van der Waals surface area contributed by atoms with Crippen molar-refractivity contribution >= 4 is 24.1 Å². The highest BCUT2D eigenvalue weighted by Gasteiger charge is 2.34. The van der Waals surface area contributed by atoms with Crippen molar-refractivity contribution in [3.8, 4) is 0 Å². The normalized spacial score (nSPS) is 17.2. The fourth-order valence-electron chi connectivity index (χ4n) is 3.93. The first-order valence-corrected chi connectivity index (χ1v) is 11.5. The van der Waals surface area contributed by atoms with Crippen molar-refractivity contribution in [2.24, 2.45) is 5.92 Å². The summed E-state index contributed by atoms with van der Waals surface area (Å²) < 4.78 is 0. The summed E-state index contributed by atoms with van der Waals surface area (Å²) in [5.41, 5.74) is 0.496. The Morgan fingerprint density at radius 3 is 2.50 bits per heavy atom. The molecule has 1 saturated heterocycles. The Kier molecular flexibility index (Phi) is 12.6. The Morgan fingerprint density at radius 2 is 1.88 bits per heavy atom. The zero-order chi connectivity index (χ0) is 24.1. The minimum absolute atomic E-state index is 0.0615. The molecule has 0 saturated carbocycles. The summed E-state index contributed by atoms with van der Waals surface area (Å²) in [6, 6.07) is -0.786. The van der Waals surface area contributed by atoms with Gasteiger partial charge in [-0.15, -0.1) is 0 Å². The Morgan fingerprint density at radius 1 is 1.19 bits per heavy atom. The fraction of sp³-hybridized carbons (Fsp3) is 0.739. The Labute approximate surface area is 191 Å². The second kappa shape index (κ2) is 14.6. The first-order chi connectivity index (χ1) is 15.2. The lowest BCUT2D eigenvalue weighted by Gasteiger charge is -2.30. The van der Waals surface area contributed by atoms with E-state index in [1.165, 1.54) is 4.90 Å². The molecule has 0 bridgehead atoms. The largest absolute Gasteiger partial charge is 0.396 e. The van der Waals surface area contributed by atoms with E-state index in [2.05, 4.69) is 10.6 Å². The second-order valence-corrected chi connectivity index (χ2v) is 8.67. The van der Waals surface area contributed by atoms with Gasteiger partial charge in [-0.25, -0.2) is 0 Å². The first-order valence-electron chi connectivity index (χ1n) is 11.5. The fourth-order valence-corrected chi connectivity index (χ4v) is 3.93. The highest BCUT2D eigenvalue weighted by atomic mass is 16.3. The van der Waals surface area contributed by atoms with E-state index in [-0.39, 0.29) is 42.8 Å². The molecule has 0 spiro atoms. The molecule has 1 aliphatic rings. The van der Waals surface area contributed by atoms with Crippen LogP contribution in [0.4, 0.5) is 0 Å².